The molecule has 228 valence electrons. The minimum atomic E-state index is -0.450. The lowest BCUT2D eigenvalue weighted by Gasteiger charge is -2.43. The molecule has 2 bridgehead atoms. The van der Waals surface area contributed by atoms with Gasteiger partial charge in [-0.3, -0.25) is 24.1 Å². The molecule has 6 unspecified atom stereocenters. The summed E-state index contributed by atoms with van der Waals surface area (Å²) in [5.74, 6) is -1.92. The largest absolute Gasteiger partial charge is 0.483 e. The lowest BCUT2D eigenvalue weighted by molar-refractivity contribution is -0.123. The average Bonchev–Trinajstić information content (AvgIpc) is 3.77. The number of fused-ring (bicyclic) bond motifs is 9. The van der Waals surface area contributed by atoms with Gasteiger partial charge < -0.3 is 15.0 Å². The van der Waals surface area contributed by atoms with Gasteiger partial charge in [0.1, 0.15) is 11.6 Å². The normalized spacial score (nSPS) is 27.7. The molecule has 2 saturated carbocycles. The van der Waals surface area contributed by atoms with Crippen LogP contribution in [-0.4, -0.2) is 34.6 Å². The number of aromatic nitrogens is 1. The molecule has 4 aromatic rings. The van der Waals surface area contributed by atoms with E-state index in [1.54, 1.807) is 42.1 Å². The van der Waals surface area contributed by atoms with Crippen LogP contribution in [0.5, 0.6) is 5.75 Å². The van der Waals surface area contributed by atoms with E-state index < -0.39 is 23.6 Å². The Bertz CT molecular complexity index is 1910. The highest BCUT2D eigenvalue weighted by atomic mass is 35.5. The maximum atomic E-state index is 14.0. The summed E-state index contributed by atoms with van der Waals surface area (Å²) in [4.78, 5) is 58.3. The number of imide groups is 1. The van der Waals surface area contributed by atoms with E-state index in [0.717, 1.165) is 33.2 Å². The molecular weight excluding hydrogens is 637 g/mol. The number of aromatic amines is 1. The number of hydrogen-bond acceptors (Lipinski definition) is 7. The predicted molar refractivity (Wildman–Crippen MR) is 169 cm³/mol. The average molecular weight is 662 g/mol. The number of ether oxygens (including phenoxy) is 1. The molecule has 2 aliphatic carbocycles. The van der Waals surface area contributed by atoms with Gasteiger partial charge in [0.05, 0.1) is 22.5 Å². The van der Waals surface area contributed by atoms with Crippen molar-refractivity contribution in [2.45, 2.75) is 22.6 Å². The van der Waals surface area contributed by atoms with E-state index >= 15 is 0 Å². The van der Waals surface area contributed by atoms with Crippen LogP contribution >= 0.6 is 34.7 Å². The molecule has 2 aliphatic heterocycles. The molecule has 3 amide bonds. The van der Waals surface area contributed by atoms with Gasteiger partial charge in [0.25, 0.3) is 5.91 Å². The van der Waals surface area contributed by atoms with E-state index in [0.29, 0.717) is 22.1 Å². The highest BCUT2D eigenvalue weighted by molar-refractivity contribution is 8.00. The number of H-pyrrole nitrogens is 1. The molecular formula is C33H25ClFN3O5S2. The number of nitrogens with zero attached hydrogens (tertiary/aromatic N) is 1. The van der Waals surface area contributed by atoms with Gasteiger partial charge in [0.15, 0.2) is 6.61 Å². The standard InChI is InChI=1S/C33H25ClFN3O5S2/c34-15-5-11-18(12-6-15)38-31(40)26-20-13-21(27(26)32(38)41)28-25(20)24(29-30(44-28)37-33(42)45-29)19-3-1-2-4-22(19)43-14-23(39)36-17-9-7-16(35)8-10-17/h1-12,20-21,24-28H,13-14H2,(H,36,39)(H,37,42)/t20?,21?,24-,25?,26?,27?,28?/m1/s1. The van der Waals surface area contributed by atoms with Crippen LogP contribution < -0.4 is 19.8 Å². The Morgan fingerprint density at radius 1 is 0.978 bits per heavy atom. The van der Waals surface area contributed by atoms with E-state index in [4.69, 9.17) is 16.3 Å². The zero-order valence-electron chi connectivity index (χ0n) is 23.4. The van der Waals surface area contributed by atoms with Gasteiger partial charge in [-0.25, -0.2) is 4.39 Å². The molecule has 0 spiro atoms. The third-order valence-electron chi connectivity index (χ3n) is 9.55. The molecule has 1 saturated heterocycles. The van der Waals surface area contributed by atoms with Crippen molar-refractivity contribution in [1.82, 2.24) is 4.98 Å². The highest BCUT2D eigenvalue weighted by Gasteiger charge is 2.69. The first-order valence-electron chi connectivity index (χ1n) is 14.6. The van der Waals surface area contributed by atoms with E-state index in [-0.39, 0.29) is 52.2 Å². The van der Waals surface area contributed by atoms with Crippen LogP contribution in [-0.2, 0) is 14.4 Å². The zero-order valence-corrected chi connectivity index (χ0v) is 25.8. The summed E-state index contributed by atoms with van der Waals surface area (Å²) in [7, 11) is 0. The SMILES string of the molecule is O=C(COc1ccccc1[C@H]1c2sc(=O)[nH]c2SC2C3CC(C4C(=O)N(c5ccc(Cl)cc5)C(=O)C34)C21)Nc1ccc(F)cc1. The summed E-state index contributed by atoms with van der Waals surface area (Å²) >= 11 is 8.85. The van der Waals surface area contributed by atoms with Crippen molar-refractivity contribution in [3.8, 4) is 5.75 Å². The van der Waals surface area contributed by atoms with Gasteiger partial charge in [-0.2, -0.15) is 0 Å². The smallest absolute Gasteiger partial charge is 0.305 e. The maximum absolute atomic E-state index is 14.0. The summed E-state index contributed by atoms with van der Waals surface area (Å²) in [6.45, 7) is -0.278. The van der Waals surface area contributed by atoms with Gasteiger partial charge in [0, 0.05) is 32.3 Å². The van der Waals surface area contributed by atoms with Gasteiger partial charge in [-0.1, -0.05) is 41.1 Å². The number of thiazole rings is 1. The van der Waals surface area contributed by atoms with Gasteiger partial charge in [0.2, 0.25) is 11.8 Å². The minimum Gasteiger partial charge on any atom is -0.483 e. The Kier molecular flexibility index (Phi) is 6.88. The Balaban J connectivity index is 1.12. The number of anilines is 2. The number of carbonyl (C=O) groups excluding carboxylic acids is 3. The van der Waals surface area contributed by atoms with Crippen LogP contribution in [0.3, 0.4) is 0 Å². The molecule has 8 nitrogen and oxygen atoms in total. The number of rotatable bonds is 6. The monoisotopic (exact) mass is 661 g/mol. The summed E-state index contributed by atoms with van der Waals surface area (Å²) in [5, 5.41) is 4.03. The number of benzene rings is 3. The van der Waals surface area contributed by atoms with Crippen LogP contribution in [0.15, 0.2) is 82.6 Å². The van der Waals surface area contributed by atoms with Gasteiger partial charge >= 0.3 is 4.87 Å². The van der Waals surface area contributed by atoms with E-state index in [1.807, 2.05) is 18.2 Å². The Hall–Kier alpha value is -3.93. The van der Waals surface area contributed by atoms with Crippen molar-refractivity contribution in [2.75, 3.05) is 16.8 Å². The first-order valence-corrected chi connectivity index (χ1v) is 16.7. The Morgan fingerprint density at radius 2 is 1.69 bits per heavy atom. The minimum absolute atomic E-state index is 0.00995. The van der Waals surface area contributed by atoms with E-state index in [1.165, 1.54) is 29.2 Å². The third kappa shape index (κ3) is 4.62. The topological polar surface area (TPSA) is 109 Å². The van der Waals surface area contributed by atoms with Crippen molar-refractivity contribution in [2.24, 2.45) is 29.6 Å². The summed E-state index contributed by atoms with van der Waals surface area (Å²) < 4.78 is 19.4. The van der Waals surface area contributed by atoms with Crippen molar-refractivity contribution < 1.29 is 23.5 Å². The van der Waals surface area contributed by atoms with Crippen LogP contribution in [0.2, 0.25) is 5.02 Å². The number of hydrogen-bond donors (Lipinski definition) is 2. The van der Waals surface area contributed by atoms with Crippen molar-refractivity contribution in [1.29, 1.82) is 0 Å². The second-order valence-corrected chi connectivity index (χ2v) is 14.5. The molecule has 3 fully saturated rings. The van der Waals surface area contributed by atoms with E-state index in [9.17, 15) is 23.6 Å². The van der Waals surface area contributed by atoms with Crippen molar-refractivity contribution in [3.63, 3.8) is 0 Å². The van der Waals surface area contributed by atoms with Gasteiger partial charge in [-0.15, -0.1) is 11.8 Å². The quantitative estimate of drug-likeness (QED) is 0.248. The molecule has 8 rings (SSSR count). The van der Waals surface area contributed by atoms with Crippen LogP contribution in [0.4, 0.5) is 15.8 Å². The number of para-hydroxylation sites is 1. The molecule has 1 aromatic heterocycles. The first kappa shape index (κ1) is 28.5. The lowest BCUT2D eigenvalue weighted by Crippen LogP contribution is -2.42. The van der Waals surface area contributed by atoms with Crippen LogP contribution in [0.25, 0.3) is 0 Å². The second-order valence-electron chi connectivity index (χ2n) is 11.8. The third-order valence-corrected chi connectivity index (χ3v) is 12.4. The molecule has 4 aliphatic rings. The number of thioether (sulfide) groups is 1. The molecule has 2 N–H and O–H groups in total. The second kappa shape index (κ2) is 10.9. The fourth-order valence-electron chi connectivity index (χ4n) is 7.95. The number of halogens is 2. The number of amides is 3. The summed E-state index contributed by atoms with van der Waals surface area (Å²) in [6.07, 6.45) is 0.752. The highest BCUT2D eigenvalue weighted by Crippen LogP contribution is 2.69. The van der Waals surface area contributed by atoms with E-state index in [2.05, 4.69) is 10.3 Å². The molecule has 0 radical (unpaired) electrons. The molecule has 45 heavy (non-hydrogen) atoms. The van der Waals surface area contributed by atoms with Crippen molar-refractivity contribution >= 4 is 63.8 Å². The predicted octanol–water partition coefficient (Wildman–Crippen LogP) is 5.92. The Morgan fingerprint density at radius 3 is 2.44 bits per heavy atom. The van der Waals surface area contributed by atoms with Crippen LogP contribution in [0, 0.1) is 35.4 Å². The number of carbonyl (C=O) groups is 3. The first-order chi connectivity index (χ1) is 21.8. The molecule has 7 atom stereocenters. The fourth-order valence-corrected chi connectivity index (χ4v) is 11.0. The molecule has 12 heteroatoms. The summed E-state index contributed by atoms with van der Waals surface area (Å²) in [5.41, 5.74) is 1.80. The summed E-state index contributed by atoms with van der Waals surface area (Å²) in [6, 6.07) is 19.7. The molecule has 3 aromatic carbocycles. The van der Waals surface area contributed by atoms with Crippen LogP contribution in [0.1, 0.15) is 22.8 Å². The fraction of sp³-hybridized carbons (Fsp3) is 0.273. The lowest BCUT2D eigenvalue weighted by atomic mass is 9.68. The Labute approximate surface area is 269 Å². The number of nitrogens with one attached hydrogen (secondary N) is 2. The zero-order chi connectivity index (χ0) is 31.0. The molecule has 3 heterocycles. The van der Waals surface area contributed by atoms with Crippen molar-refractivity contribution in [3.05, 3.63) is 104 Å². The van der Waals surface area contributed by atoms with Gasteiger partial charge in [-0.05, 0) is 78.8 Å². The maximum Gasteiger partial charge on any atom is 0.305 e.